The number of hydrogen-bond donors (Lipinski definition) is 2. The predicted molar refractivity (Wildman–Crippen MR) is 84.4 cm³/mol. The lowest BCUT2D eigenvalue weighted by Crippen LogP contribution is -2.21. The average molecular weight is 280 g/mol. The number of nitrogens with zero attached hydrogens (tertiary/aromatic N) is 3. The first-order chi connectivity index (χ1) is 9.71. The molecule has 0 amide bonds. The Morgan fingerprint density at radius 3 is 2.65 bits per heavy atom. The Balaban J connectivity index is 2.70. The standard InChI is InChI=1S/C15H28N4O/c1-4-9-13-17-14(16-5-2)12-15(18-13)19(3)10-7-6-8-11-20/h12,20H,4-11H2,1-3H3,(H,16,17,18). The molecule has 20 heavy (non-hydrogen) atoms. The summed E-state index contributed by atoms with van der Waals surface area (Å²) >= 11 is 0. The van der Waals surface area contributed by atoms with Gasteiger partial charge in [-0.15, -0.1) is 0 Å². The zero-order chi connectivity index (χ0) is 14.8. The molecule has 1 rings (SSSR count). The summed E-state index contributed by atoms with van der Waals surface area (Å²) in [6.07, 6.45) is 4.95. The van der Waals surface area contributed by atoms with Crippen LogP contribution in [0.1, 0.15) is 45.4 Å². The Morgan fingerprint density at radius 1 is 1.20 bits per heavy atom. The Labute approximate surface area is 122 Å². The van der Waals surface area contributed by atoms with Crippen LogP contribution in [0.3, 0.4) is 0 Å². The summed E-state index contributed by atoms with van der Waals surface area (Å²) < 4.78 is 0. The first kappa shape index (κ1) is 16.7. The topological polar surface area (TPSA) is 61.3 Å². The van der Waals surface area contributed by atoms with E-state index in [1.165, 1.54) is 0 Å². The van der Waals surface area contributed by atoms with Crippen LogP contribution in [0.25, 0.3) is 0 Å². The molecule has 0 aliphatic carbocycles. The summed E-state index contributed by atoms with van der Waals surface area (Å²) in [6.45, 7) is 6.31. The van der Waals surface area contributed by atoms with Gasteiger partial charge in [0.25, 0.3) is 0 Å². The Morgan fingerprint density at radius 2 is 2.00 bits per heavy atom. The van der Waals surface area contributed by atoms with Gasteiger partial charge in [-0.3, -0.25) is 0 Å². The summed E-state index contributed by atoms with van der Waals surface area (Å²) in [7, 11) is 2.06. The highest BCUT2D eigenvalue weighted by molar-refractivity contribution is 5.49. The van der Waals surface area contributed by atoms with Gasteiger partial charge in [-0.1, -0.05) is 6.92 Å². The molecule has 0 spiro atoms. The maximum absolute atomic E-state index is 8.80. The van der Waals surface area contributed by atoms with Gasteiger partial charge in [0, 0.05) is 39.2 Å². The molecule has 114 valence electrons. The van der Waals surface area contributed by atoms with Gasteiger partial charge >= 0.3 is 0 Å². The van der Waals surface area contributed by atoms with Gasteiger partial charge in [-0.2, -0.15) is 0 Å². The van der Waals surface area contributed by atoms with Crippen molar-refractivity contribution in [1.29, 1.82) is 0 Å². The summed E-state index contributed by atoms with van der Waals surface area (Å²) in [5, 5.41) is 12.1. The molecule has 1 aromatic heterocycles. The highest BCUT2D eigenvalue weighted by atomic mass is 16.2. The zero-order valence-corrected chi connectivity index (χ0v) is 13.0. The first-order valence-corrected chi connectivity index (χ1v) is 7.65. The number of anilines is 2. The van der Waals surface area contributed by atoms with E-state index in [0.29, 0.717) is 0 Å². The number of rotatable bonds is 10. The number of aliphatic hydroxyl groups excluding tert-OH is 1. The van der Waals surface area contributed by atoms with Crippen LogP contribution in [0.5, 0.6) is 0 Å². The molecule has 0 unspecified atom stereocenters. The van der Waals surface area contributed by atoms with Crippen molar-refractivity contribution < 1.29 is 5.11 Å². The van der Waals surface area contributed by atoms with Crippen LogP contribution in [0.4, 0.5) is 11.6 Å². The van der Waals surface area contributed by atoms with Gasteiger partial charge in [0.1, 0.15) is 17.5 Å². The molecule has 0 saturated carbocycles. The normalized spacial score (nSPS) is 10.6. The molecule has 1 heterocycles. The quantitative estimate of drug-likeness (QED) is 0.645. The van der Waals surface area contributed by atoms with Crippen molar-refractivity contribution in [2.45, 2.75) is 46.0 Å². The number of aromatic nitrogens is 2. The van der Waals surface area contributed by atoms with Crippen LogP contribution in [-0.2, 0) is 6.42 Å². The van der Waals surface area contributed by atoms with E-state index in [9.17, 15) is 0 Å². The Kier molecular flexibility index (Phi) is 7.95. The maximum Gasteiger partial charge on any atom is 0.134 e. The second-order valence-corrected chi connectivity index (χ2v) is 5.01. The van der Waals surface area contributed by atoms with E-state index in [4.69, 9.17) is 5.11 Å². The second kappa shape index (κ2) is 9.53. The van der Waals surface area contributed by atoms with Crippen molar-refractivity contribution in [2.24, 2.45) is 0 Å². The van der Waals surface area contributed by atoms with Gasteiger partial charge in [-0.25, -0.2) is 9.97 Å². The third-order valence-electron chi connectivity index (χ3n) is 3.13. The molecule has 5 nitrogen and oxygen atoms in total. The molecule has 0 saturated heterocycles. The summed E-state index contributed by atoms with van der Waals surface area (Å²) in [5.41, 5.74) is 0. The van der Waals surface area contributed by atoms with E-state index in [1.807, 2.05) is 6.07 Å². The monoisotopic (exact) mass is 280 g/mol. The van der Waals surface area contributed by atoms with Crippen LogP contribution >= 0.6 is 0 Å². The number of unbranched alkanes of at least 4 members (excludes halogenated alkanes) is 2. The molecule has 0 radical (unpaired) electrons. The zero-order valence-electron chi connectivity index (χ0n) is 13.0. The predicted octanol–water partition coefficient (Wildman–Crippen LogP) is 2.46. The highest BCUT2D eigenvalue weighted by Crippen LogP contribution is 2.16. The van der Waals surface area contributed by atoms with Crippen LogP contribution in [-0.4, -0.2) is 41.8 Å². The first-order valence-electron chi connectivity index (χ1n) is 7.65. The second-order valence-electron chi connectivity index (χ2n) is 5.01. The highest BCUT2D eigenvalue weighted by Gasteiger charge is 2.08. The number of nitrogens with one attached hydrogen (secondary N) is 1. The molecular formula is C15H28N4O. The van der Waals surface area contributed by atoms with E-state index < -0.39 is 0 Å². The third-order valence-corrected chi connectivity index (χ3v) is 3.13. The largest absolute Gasteiger partial charge is 0.396 e. The molecule has 2 N–H and O–H groups in total. The lowest BCUT2D eigenvalue weighted by molar-refractivity contribution is 0.283. The lowest BCUT2D eigenvalue weighted by Gasteiger charge is -2.19. The fraction of sp³-hybridized carbons (Fsp3) is 0.733. The molecule has 0 aromatic carbocycles. The van der Waals surface area contributed by atoms with E-state index in [1.54, 1.807) is 0 Å². The molecule has 1 aromatic rings. The fourth-order valence-corrected chi connectivity index (χ4v) is 2.04. The summed E-state index contributed by atoms with van der Waals surface area (Å²) in [5.74, 6) is 2.79. The van der Waals surface area contributed by atoms with Crippen molar-refractivity contribution in [3.63, 3.8) is 0 Å². The van der Waals surface area contributed by atoms with Crippen LogP contribution in [0, 0.1) is 0 Å². The fourth-order valence-electron chi connectivity index (χ4n) is 2.04. The van der Waals surface area contributed by atoms with Crippen molar-refractivity contribution in [3.8, 4) is 0 Å². The van der Waals surface area contributed by atoms with E-state index in [2.05, 4.69) is 41.1 Å². The van der Waals surface area contributed by atoms with E-state index >= 15 is 0 Å². The Hall–Kier alpha value is -1.36. The minimum Gasteiger partial charge on any atom is -0.396 e. The van der Waals surface area contributed by atoms with E-state index in [0.717, 1.165) is 62.7 Å². The van der Waals surface area contributed by atoms with Crippen molar-refractivity contribution in [1.82, 2.24) is 9.97 Å². The number of aliphatic hydroxyl groups is 1. The Bertz CT molecular complexity index is 360. The van der Waals surface area contributed by atoms with Crippen molar-refractivity contribution in [3.05, 3.63) is 11.9 Å². The molecule has 0 bridgehead atoms. The molecule has 0 fully saturated rings. The SMILES string of the molecule is CCCc1nc(NCC)cc(N(C)CCCCCO)n1. The summed E-state index contributed by atoms with van der Waals surface area (Å²) in [4.78, 5) is 11.3. The molecule has 5 heteroatoms. The maximum atomic E-state index is 8.80. The van der Waals surface area contributed by atoms with Crippen molar-refractivity contribution >= 4 is 11.6 Å². The van der Waals surface area contributed by atoms with Gasteiger partial charge in [0.2, 0.25) is 0 Å². The van der Waals surface area contributed by atoms with Crippen molar-refractivity contribution in [2.75, 3.05) is 37.0 Å². The van der Waals surface area contributed by atoms with Gasteiger partial charge in [-0.05, 0) is 32.6 Å². The van der Waals surface area contributed by atoms with Crippen LogP contribution in [0.15, 0.2) is 6.07 Å². The van der Waals surface area contributed by atoms with Crippen LogP contribution < -0.4 is 10.2 Å². The number of hydrogen-bond acceptors (Lipinski definition) is 5. The summed E-state index contributed by atoms with van der Waals surface area (Å²) in [6, 6.07) is 2.01. The molecule has 0 aliphatic heterocycles. The smallest absolute Gasteiger partial charge is 0.134 e. The molecular weight excluding hydrogens is 252 g/mol. The third kappa shape index (κ3) is 5.74. The molecule has 0 aliphatic rings. The average Bonchev–Trinajstić information content (AvgIpc) is 2.44. The molecule has 0 atom stereocenters. The number of aryl methyl sites for hydroxylation is 1. The van der Waals surface area contributed by atoms with E-state index in [-0.39, 0.29) is 6.61 Å². The van der Waals surface area contributed by atoms with Gasteiger partial charge < -0.3 is 15.3 Å². The minimum atomic E-state index is 0.280. The lowest BCUT2D eigenvalue weighted by atomic mass is 10.2. The van der Waals surface area contributed by atoms with Gasteiger partial charge in [0.05, 0.1) is 0 Å². The van der Waals surface area contributed by atoms with Gasteiger partial charge in [0.15, 0.2) is 0 Å². The minimum absolute atomic E-state index is 0.280. The van der Waals surface area contributed by atoms with Crippen LogP contribution in [0.2, 0.25) is 0 Å².